The van der Waals surface area contributed by atoms with Crippen LogP contribution in [0.15, 0.2) is 59.6 Å². The molecule has 0 aliphatic rings. The standard InChI is InChI=1S/C18H19NO3S/c1-18(2,3)14-8-10-15(11-9-14)22-23(20,21)17-12-13-6-4-5-7-16(13)19-17/h4-12,19H,1-3H3. The summed E-state index contributed by atoms with van der Waals surface area (Å²) in [4.78, 5) is 2.88. The zero-order valence-corrected chi connectivity index (χ0v) is 14.1. The largest absolute Gasteiger partial charge is 0.378 e. The summed E-state index contributed by atoms with van der Waals surface area (Å²) in [5, 5.41) is 0.886. The summed E-state index contributed by atoms with van der Waals surface area (Å²) < 4.78 is 30.0. The zero-order valence-electron chi connectivity index (χ0n) is 13.3. The molecular weight excluding hydrogens is 310 g/mol. The molecule has 0 unspecified atom stereocenters. The fourth-order valence-corrected chi connectivity index (χ4v) is 3.32. The van der Waals surface area contributed by atoms with Crippen molar-refractivity contribution < 1.29 is 12.6 Å². The van der Waals surface area contributed by atoms with Crippen molar-refractivity contribution in [3.8, 4) is 5.75 Å². The Kier molecular flexibility index (Phi) is 3.68. The van der Waals surface area contributed by atoms with Gasteiger partial charge in [-0.05, 0) is 35.2 Å². The molecule has 0 amide bonds. The first-order chi connectivity index (χ1) is 10.8. The van der Waals surface area contributed by atoms with E-state index in [0.717, 1.165) is 16.5 Å². The van der Waals surface area contributed by atoms with Crippen LogP contribution in [0, 0.1) is 0 Å². The second-order valence-corrected chi connectivity index (χ2v) is 8.05. The molecule has 4 nitrogen and oxygen atoms in total. The molecule has 0 saturated carbocycles. The molecule has 0 atom stereocenters. The molecule has 1 N–H and O–H groups in total. The topological polar surface area (TPSA) is 59.2 Å². The summed E-state index contributed by atoms with van der Waals surface area (Å²) in [6, 6.07) is 16.1. The van der Waals surface area contributed by atoms with Crippen molar-refractivity contribution in [3.05, 3.63) is 60.2 Å². The summed E-state index contributed by atoms with van der Waals surface area (Å²) in [5.74, 6) is 0.302. The van der Waals surface area contributed by atoms with E-state index in [1.165, 1.54) is 0 Å². The Morgan fingerprint density at radius 3 is 2.22 bits per heavy atom. The SMILES string of the molecule is CC(C)(C)c1ccc(OS(=O)(=O)c2cc3ccccc3[nH]2)cc1. The van der Waals surface area contributed by atoms with Gasteiger partial charge in [0.2, 0.25) is 0 Å². The van der Waals surface area contributed by atoms with E-state index in [1.54, 1.807) is 18.2 Å². The minimum atomic E-state index is -3.88. The Labute approximate surface area is 136 Å². The first kappa shape index (κ1) is 15.6. The van der Waals surface area contributed by atoms with Gasteiger partial charge in [0.15, 0.2) is 5.03 Å². The maximum absolute atomic E-state index is 12.4. The van der Waals surface area contributed by atoms with E-state index >= 15 is 0 Å². The van der Waals surface area contributed by atoms with Gasteiger partial charge in [0.25, 0.3) is 0 Å². The molecule has 5 heteroatoms. The van der Waals surface area contributed by atoms with E-state index < -0.39 is 10.1 Å². The number of H-pyrrole nitrogens is 1. The molecule has 0 radical (unpaired) electrons. The minimum Gasteiger partial charge on any atom is -0.378 e. The lowest BCUT2D eigenvalue weighted by molar-refractivity contribution is 0.482. The average molecular weight is 329 g/mol. The number of benzene rings is 2. The van der Waals surface area contributed by atoms with E-state index in [2.05, 4.69) is 25.8 Å². The molecule has 0 spiro atoms. The highest BCUT2D eigenvalue weighted by Gasteiger charge is 2.20. The van der Waals surface area contributed by atoms with Crippen molar-refractivity contribution in [2.24, 2.45) is 0 Å². The van der Waals surface area contributed by atoms with E-state index in [1.807, 2.05) is 36.4 Å². The zero-order chi connectivity index (χ0) is 16.7. The number of fused-ring (bicyclic) bond motifs is 1. The van der Waals surface area contributed by atoms with Crippen LogP contribution in [0.25, 0.3) is 10.9 Å². The van der Waals surface area contributed by atoms with Crippen LogP contribution < -0.4 is 4.18 Å². The highest BCUT2D eigenvalue weighted by Crippen LogP contribution is 2.26. The monoisotopic (exact) mass is 329 g/mol. The van der Waals surface area contributed by atoms with Crippen LogP contribution >= 0.6 is 0 Å². The summed E-state index contributed by atoms with van der Waals surface area (Å²) >= 11 is 0. The molecule has 3 rings (SSSR count). The molecule has 2 aromatic carbocycles. The molecular formula is C18H19NO3S. The van der Waals surface area contributed by atoms with E-state index in [4.69, 9.17) is 4.18 Å². The quantitative estimate of drug-likeness (QED) is 0.731. The van der Waals surface area contributed by atoms with Gasteiger partial charge in [0, 0.05) is 10.9 Å². The predicted octanol–water partition coefficient (Wildman–Crippen LogP) is 4.23. The molecule has 23 heavy (non-hydrogen) atoms. The van der Waals surface area contributed by atoms with E-state index in [-0.39, 0.29) is 10.4 Å². The third-order valence-electron chi connectivity index (χ3n) is 3.70. The Morgan fingerprint density at radius 2 is 1.61 bits per heavy atom. The number of para-hydroxylation sites is 1. The van der Waals surface area contributed by atoms with Crippen molar-refractivity contribution in [2.75, 3.05) is 0 Å². The third-order valence-corrected chi connectivity index (χ3v) is 4.87. The third kappa shape index (κ3) is 3.24. The minimum absolute atomic E-state index is 0.00852. The summed E-state index contributed by atoms with van der Waals surface area (Å²) in [7, 11) is -3.88. The van der Waals surface area contributed by atoms with Crippen LogP contribution in [-0.2, 0) is 15.5 Å². The van der Waals surface area contributed by atoms with Gasteiger partial charge < -0.3 is 9.17 Å². The van der Waals surface area contributed by atoms with Gasteiger partial charge in [-0.2, -0.15) is 8.42 Å². The van der Waals surface area contributed by atoms with Crippen LogP contribution in [-0.4, -0.2) is 13.4 Å². The maximum atomic E-state index is 12.4. The second kappa shape index (κ2) is 5.42. The Bertz CT molecular complexity index is 899. The second-order valence-electron chi connectivity index (χ2n) is 6.53. The Hall–Kier alpha value is -2.27. The fraction of sp³-hybridized carbons (Fsp3) is 0.222. The van der Waals surface area contributed by atoms with Crippen LogP contribution in [0.5, 0.6) is 5.75 Å². The predicted molar refractivity (Wildman–Crippen MR) is 91.3 cm³/mol. The van der Waals surface area contributed by atoms with Crippen molar-refractivity contribution >= 4 is 21.0 Å². The van der Waals surface area contributed by atoms with Crippen LogP contribution in [0.3, 0.4) is 0 Å². The van der Waals surface area contributed by atoms with Crippen molar-refractivity contribution in [1.29, 1.82) is 0 Å². The van der Waals surface area contributed by atoms with Crippen molar-refractivity contribution in [3.63, 3.8) is 0 Å². The molecule has 1 heterocycles. The fourth-order valence-electron chi connectivity index (χ4n) is 2.36. The molecule has 0 saturated heterocycles. The van der Waals surface area contributed by atoms with Gasteiger partial charge in [-0.1, -0.05) is 51.1 Å². The summed E-state index contributed by atoms with van der Waals surface area (Å²) in [5.41, 5.74) is 1.89. The Morgan fingerprint density at radius 1 is 0.957 bits per heavy atom. The normalized spacial score (nSPS) is 12.5. The number of hydrogen-bond donors (Lipinski definition) is 1. The van der Waals surface area contributed by atoms with Gasteiger partial charge >= 0.3 is 10.1 Å². The van der Waals surface area contributed by atoms with Gasteiger partial charge in [0.1, 0.15) is 5.75 Å². The van der Waals surface area contributed by atoms with E-state index in [9.17, 15) is 8.42 Å². The highest BCUT2D eigenvalue weighted by molar-refractivity contribution is 7.87. The highest BCUT2D eigenvalue weighted by atomic mass is 32.2. The lowest BCUT2D eigenvalue weighted by Crippen LogP contribution is -2.12. The average Bonchev–Trinajstić information content (AvgIpc) is 2.91. The summed E-state index contributed by atoms with van der Waals surface area (Å²) in [6.45, 7) is 6.30. The molecule has 0 aliphatic carbocycles. The smallest absolute Gasteiger partial charge is 0.354 e. The van der Waals surface area contributed by atoms with Gasteiger partial charge in [-0.15, -0.1) is 0 Å². The number of aromatic amines is 1. The molecule has 0 aliphatic heterocycles. The molecule has 3 aromatic rings. The summed E-state index contributed by atoms with van der Waals surface area (Å²) in [6.07, 6.45) is 0. The maximum Gasteiger partial charge on any atom is 0.354 e. The molecule has 0 fully saturated rings. The lowest BCUT2D eigenvalue weighted by Gasteiger charge is -2.19. The molecule has 120 valence electrons. The van der Waals surface area contributed by atoms with Gasteiger partial charge in [0.05, 0.1) is 0 Å². The number of aromatic nitrogens is 1. The lowest BCUT2D eigenvalue weighted by atomic mass is 9.87. The van der Waals surface area contributed by atoms with Crippen LogP contribution in [0.4, 0.5) is 0 Å². The first-order valence-electron chi connectivity index (χ1n) is 7.38. The van der Waals surface area contributed by atoms with Crippen LogP contribution in [0.2, 0.25) is 0 Å². The van der Waals surface area contributed by atoms with Gasteiger partial charge in [-0.3, -0.25) is 0 Å². The molecule has 1 aromatic heterocycles. The first-order valence-corrected chi connectivity index (χ1v) is 8.79. The van der Waals surface area contributed by atoms with E-state index in [0.29, 0.717) is 5.75 Å². The van der Waals surface area contributed by atoms with Crippen molar-refractivity contribution in [1.82, 2.24) is 4.98 Å². The number of nitrogens with one attached hydrogen (secondary N) is 1. The Balaban J connectivity index is 1.88. The van der Waals surface area contributed by atoms with Gasteiger partial charge in [-0.25, -0.2) is 0 Å². The van der Waals surface area contributed by atoms with Crippen LogP contribution in [0.1, 0.15) is 26.3 Å². The van der Waals surface area contributed by atoms with Crippen molar-refractivity contribution in [2.45, 2.75) is 31.2 Å². The molecule has 0 bridgehead atoms. The number of rotatable bonds is 3. The number of hydrogen-bond acceptors (Lipinski definition) is 3.